The minimum absolute atomic E-state index is 0.0122. The Morgan fingerprint density at radius 1 is 1.26 bits per heavy atom. The largest absolute Gasteiger partial charge is 0.449 e. The number of hydrogen-bond acceptors (Lipinski definition) is 6. The lowest BCUT2D eigenvalue weighted by Crippen LogP contribution is -2.30. The second-order valence-electron chi connectivity index (χ2n) is 6.19. The highest BCUT2D eigenvalue weighted by Crippen LogP contribution is 2.24. The number of anilines is 1. The Morgan fingerprint density at radius 3 is 2.52 bits per heavy atom. The van der Waals surface area contributed by atoms with Gasteiger partial charge in [-0.15, -0.1) is 11.8 Å². The van der Waals surface area contributed by atoms with Gasteiger partial charge < -0.3 is 10.1 Å². The van der Waals surface area contributed by atoms with Crippen LogP contribution >= 0.6 is 11.8 Å². The summed E-state index contributed by atoms with van der Waals surface area (Å²) >= 11 is 1.27. The molecule has 0 aliphatic heterocycles. The molecule has 7 nitrogen and oxygen atoms in total. The zero-order chi connectivity index (χ0) is 20.1. The molecule has 0 fully saturated rings. The van der Waals surface area contributed by atoms with Crippen molar-refractivity contribution in [3.05, 3.63) is 41.2 Å². The number of rotatable bonds is 7. The molecular formula is C19H23N3O4S. The number of hydrogen-bond donors (Lipinski definition) is 1. The van der Waals surface area contributed by atoms with Gasteiger partial charge >= 0.3 is 5.97 Å². The molecule has 1 N–H and O–H groups in total. The Hall–Kier alpha value is -2.61. The number of amides is 1. The normalized spacial score (nSPS) is 11.7. The van der Waals surface area contributed by atoms with Crippen LogP contribution in [0.4, 0.5) is 5.69 Å². The van der Waals surface area contributed by atoms with Gasteiger partial charge in [-0.25, -0.2) is 4.79 Å². The second kappa shape index (κ2) is 8.85. The SMILES string of the molecule is CC(=O)CSc1ccccc1C(=O)O[C@@H](C)C(=O)Nc1c(C)nn(C)c1C. The zero-order valence-corrected chi connectivity index (χ0v) is 16.8. The van der Waals surface area contributed by atoms with Crippen LogP contribution in [0.1, 0.15) is 35.6 Å². The van der Waals surface area contributed by atoms with Gasteiger partial charge in [-0.1, -0.05) is 12.1 Å². The summed E-state index contributed by atoms with van der Waals surface area (Å²) in [7, 11) is 1.79. The van der Waals surface area contributed by atoms with Crippen molar-refractivity contribution in [2.24, 2.45) is 7.05 Å². The highest BCUT2D eigenvalue weighted by molar-refractivity contribution is 8.00. The van der Waals surface area contributed by atoms with Gasteiger partial charge in [-0.05, 0) is 39.8 Å². The lowest BCUT2D eigenvalue weighted by Gasteiger charge is -2.15. The number of aromatic nitrogens is 2. The fraction of sp³-hybridized carbons (Fsp3) is 0.368. The predicted molar refractivity (Wildman–Crippen MR) is 104 cm³/mol. The van der Waals surface area contributed by atoms with Gasteiger partial charge in [-0.2, -0.15) is 5.10 Å². The van der Waals surface area contributed by atoms with E-state index in [0.29, 0.717) is 21.8 Å². The highest BCUT2D eigenvalue weighted by Gasteiger charge is 2.23. The summed E-state index contributed by atoms with van der Waals surface area (Å²) in [6.45, 7) is 6.64. The molecule has 0 unspecified atom stereocenters. The fourth-order valence-corrected chi connectivity index (χ4v) is 3.24. The van der Waals surface area contributed by atoms with Crippen molar-refractivity contribution in [2.45, 2.75) is 38.7 Å². The Bertz CT molecular complexity index is 876. The van der Waals surface area contributed by atoms with E-state index in [1.165, 1.54) is 25.6 Å². The number of esters is 1. The summed E-state index contributed by atoms with van der Waals surface area (Å²) in [5.74, 6) is -0.765. The predicted octanol–water partition coefficient (Wildman–Crippen LogP) is 2.90. The number of ether oxygens (including phenoxy) is 1. The lowest BCUT2D eigenvalue weighted by atomic mass is 10.2. The van der Waals surface area contributed by atoms with Crippen LogP contribution in [-0.4, -0.2) is 39.3 Å². The minimum atomic E-state index is -0.984. The summed E-state index contributed by atoms with van der Waals surface area (Å²) in [6, 6.07) is 6.85. The Balaban J connectivity index is 2.07. The number of thioether (sulfide) groups is 1. The molecule has 1 atom stereocenters. The summed E-state index contributed by atoms with van der Waals surface area (Å²) in [5.41, 5.74) is 2.44. The molecule has 2 aromatic rings. The van der Waals surface area contributed by atoms with E-state index in [1.54, 1.807) is 42.9 Å². The van der Waals surface area contributed by atoms with Crippen LogP contribution in [0, 0.1) is 13.8 Å². The average molecular weight is 389 g/mol. The van der Waals surface area contributed by atoms with E-state index in [1.807, 2.05) is 6.92 Å². The van der Waals surface area contributed by atoms with Gasteiger partial charge in [0, 0.05) is 11.9 Å². The van der Waals surface area contributed by atoms with Gasteiger partial charge in [0.25, 0.3) is 5.91 Å². The van der Waals surface area contributed by atoms with E-state index in [-0.39, 0.29) is 11.5 Å². The molecule has 0 saturated heterocycles. The van der Waals surface area contributed by atoms with Crippen molar-refractivity contribution < 1.29 is 19.1 Å². The molecule has 0 bridgehead atoms. The third kappa shape index (κ3) is 5.19. The number of Topliss-reactive ketones (excluding diaryl/α,β-unsaturated/α-hetero) is 1. The minimum Gasteiger partial charge on any atom is -0.449 e. The van der Waals surface area contributed by atoms with Gasteiger partial charge in [0.05, 0.1) is 28.4 Å². The zero-order valence-electron chi connectivity index (χ0n) is 16.0. The highest BCUT2D eigenvalue weighted by atomic mass is 32.2. The van der Waals surface area contributed by atoms with E-state index >= 15 is 0 Å². The summed E-state index contributed by atoms with van der Waals surface area (Å²) in [5, 5.41) is 7.00. The molecule has 0 radical (unpaired) electrons. The fourth-order valence-electron chi connectivity index (χ4n) is 2.40. The monoisotopic (exact) mass is 389 g/mol. The first-order valence-electron chi connectivity index (χ1n) is 8.44. The van der Waals surface area contributed by atoms with E-state index in [4.69, 9.17) is 4.74 Å². The van der Waals surface area contributed by atoms with E-state index in [9.17, 15) is 14.4 Å². The van der Waals surface area contributed by atoms with Crippen LogP contribution in [0.25, 0.3) is 0 Å². The number of nitrogens with one attached hydrogen (secondary N) is 1. The average Bonchev–Trinajstić information content (AvgIpc) is 2.86. The number of aryl methyl sites for hydroxylation is 2. The van der Waals surface area contributed by atoms with E-state index in [2.05, 4.69) is 10.4 Å². The van der Waals surface area contributed by atoms with Crippen molar-refractivity contribution in [3.8, 4) is 0 Å². The number of carbonyl (C=O) groups excluding carboxylic acids is 3. The first-order valence-corrected chi connectivity index (χ1v) is 9.42. The Kier molecular flexibility index (Phi) is 6.79. The number of ketones is 1. The summed E-state index contributed by atoms with van der Waals surface area (Å²) in [6.07, 6.45) is -0.984. The molecule has 144 valence electrons. The van der Waals surface area contributed by atoms with E-state index in [0.717, 1.165) is 5.69 Å². The molecule has 1 aromatic heterocycles. The first-order chi connectivity index (χ1) is 12.7. The quantitative estimate of drug-likeness (QED) is 0.578. The van der Waals surface area contributed by atoms with E-state index < -0.39 is 18.0 Å². The van der Waals surface area contributed by atoms with Gasteiger partial charge in [-0.3, -0.25) is 14.3 Å². The smallest absolute Gasteiger partial charge is 0.340 e. The molecule has 0 saturated carbocycles. The number of carbonyl (C=O) groups is 3. The van der Waals surface area contributed by atoms with Crippen LogP contribution in [0.15, 0.2) is 29.2 Å². The van der Waals surface area contributed by atoms with Crippen molar-refractivity contribution in [1.29, 1.82) is 0 Å². The number of nitrogens with zero attached hydrogens (tertiary/aromatic N) is 2. The Labute approximate surface area is 162 Å². The summed E-state index contributed by atoms with van der Waals surface area (Å²) in [4.78, 5) is 36.8. The molecule has 8 heteroatoms. The van der Waals surface area contributed by atoms with Gasteiger partial charge in [0.2, 0.25) is 0 Å². The molecule has 0 aliphatic carbocycles. The molecule has 27 heavy (non-hydrogen) atoms. The molecule has 1 amide bonds. The van der Waals surface area contributed by atoms with Crippen LogP contribution in [0.2, 0.25) is 0 Å². The molecule has 1 aromatic carbocycles. The molecule has 1 heterocycles. The third-order valence-electron chi connectivity index (χ3n) is 3.95. The summed E-state index contributed by atoms with van der Waals surface area (Å²) < 4.78 is 7.00. The molecule has 0 aliphatic rings. The third-order valence-corrected chi connectivity index (χ3v) is 5.17. The first kappa shape index (κ1) is 20.7. The standard InChI is InChI=1S/C19H23N3O4S/c1-11(23)10-27-16-9-7-6-8-15(16)19(25)26-14(4)18(24)20-17-12(2)21-22(5)13(17)3/h6-9,14H,10H2,1-5H3,(H,20,24)/t14-/m0/s1. The topological polar surface area (TPSA) is 90.3 Å². The van der Waals surface area contributed by atoms with Gasteiger partial charge in [0.15, 0.2) is 6.10 Å². The maximum Gasteiger partial charge on any atom is 0.340 e. The Morgan fingerprint density at radius 2 is 1.93 bits per heavy atom. The van der Waals surface area contributed by atoms with Gasteiger partial charge in [0.1, 0.15) is 5.78 Å². The number of benzene rings is 1. The van der Waals surface area contributed by atoms with Crippen molar-refractivity contribution in [1.82, 2.24) is 9.78 Å². The van der Waals surface area contributed by atoms with Crippen molar-refractivity contribution in [3.63, 3.8) is 0 Å². The maximum absolute atomic E-state index is 12.5. The van der Waals surface area contributed by atoms with Crippen LogP contribution in [0.3, 0.4) is 0 Å². The van der Waals surface area contributed by atoms with Crippen LogP contribution < -0.4 is 5.32 Å². The second-order valence-corrected chi connectivity index (χ2v) is 7.21. The molecular weight excluding hydrogens is 366 g/mol. The van der Waals surface area contributed by atoms with Crippen molar-refractivity contribution >= 4 is 35.1 Å². The lowest BCUT2D eigenvalue weighted by molar-refractivity contribution is -0.123. The molecule has 0 spiro atoms. The maximum atomic E-state index is 12.5. The van der Waals surface area contributed by atoms with Crippen LogP contribution in [-0.2, 0) is 21.4 Å². The van der Waals surface area contributed by atoms with Crippen LogP contribution in [0.5, 0.6) is 0 Å². The molecule has 2 rings (SSSR count). The van der Waals surface area contributed by atoms with Crippen molar-refractivity contribution in [2.75, 3.05) is 11.1 Å².